The molecule has 0 spiro atoms. The topological polar surface area (TPSA) is 44.8 Å². The first-order valence-electron chi connectivity index (χ1n) is 9.22. The van der Waals surface area contributed by atoms with E-state index in [0.717, 1.165) is 31.7 Å². The summed E-state index contributed by atoms with van der Waals surface area (Å²) in [5.74, 6) is 0. The molecule has 0 unspecified atom stereocenters. The molecule has 1 saturated heterocycles. The second-order valence-electron chi connectivity index (χ2n) is 8.04. The van der Waals surface area contributed by atoms with E-state index in [1.807, 2.05) is 27.7 Å². The molecule has 5 nitrogen and oxygen atoms in total. The Bertz CT molecular complexity index is 551. The van der Waals surface area contributed by atoms with Crippen LogP contribution in [0.15, 0.2) is 24.3 Å². The van der Waals surface area contributed by atoms with E-state index in [9.17, 15) is 4.79 Å². The van der Waals surface area contributed by atoms with Crippen molar-refractivity contribution in [2.75, 3.05) is 33.2 Å². The average Bonchev–Trinajstić information content (AvgIpc) is 2.70. The van der Waals surface area contributed by atoms with Crippen LogP contribution in [0.1, 0.15) is 51.3 Å². The van der Waals surface area contributed by atoms with Gasteiger partial charge in [-0.1, -0.05) is 24.3 Å². The zero-order valence-electron chi connectivity index (χ0n) is 16.3. The summed E-state index contributed by atoms with van der Waals surface area (Å²) in [6.45, 7) is 13.2. The van der Waals surface area contributed by atoms with Gasteiger partial charge in [0.15, 0.2) is 0 Å². The highest BCUT2D eigenvalue weighted by Gasteiger charge is 2.18. The van der Waals surface area contributed by atoms with E-state index in [4.69, 9.17) is 4.74 Å². The lowest BCUT2D eigenvalue weighted by Crippen LogP contribution is -2.34. The molecule has 1 aliphatic rings. The Morgan fingerprint density at radius 2 is 1.84 bits per heavy atom. The summed E-state index contributed by atoms with van der Waals surface area (Å²) in [6.07, 6.45) is 0.851. The first kappa shape index (κ1) is 19.7. The molecule has 140 valence electrons. The van der Waals surface area contributed by atoms with Crippen molar-refractivity contribution in [1.29, 1.82) is 0 Å². The molecular weight excluding hydrogens is 314 g/mol. The third-order valence-electron chi connectivity index (χ3n) is 4.43. The Morgan fingerprint density at radius 1 is 1.16 bits per heavy atom. The van der Waals surface area contributed by atoms with Crippen molar-refractivity contribution in [1.82, 2.24) is 15.1 Å². The van der Waals surface area contributed by atoms with Crippen LogP contribution >= 0.6 is 0 Å². The van der Waals surface area contributed by atoms with Crippen molar-refractivity contribution in [3.63, 3.8) is 0 Å². The Labute approximate surface area is 152 Å². The van der Waals surface area contributed by atoms with Gasteiger partial charge in [0.1, 0.15) is 5.60 Å². The lowest BCUT2D eigenvalue weighted by Gasteiger charge is -2.22. The Hall–Kier alpha value is -1.59. The van der Waals surface area contributed by atoms with Gasteiger partial charge in [0.2, 0.25) is 0 Å². The van der Waals surface area contributed by atoms with Crippen LogP contribution < -0.4 is 5.32 Å². The smallest absolute Gasteiger partial charge is 0.408 e. The number of ether oxygens (including phenoxy) is 1. The monoisotopic (exact) mass is 347 g/mol. The first-order chi connectivity index (χ1) is 11.7. The number of nitrogens with zero attached hydrogens (tertiary/aromatic N) is 2. The number of carbonyl (C=O) groups is 1. The standard InChI is InChI=1S/C20H33N3O2/c1-16(21-19(24)25-20(2,3)4)18-9-7-17(8-10-18)15-23-12-6-11-22(5)13-14-23/h7-10,16H,6,11-15H2,1-5H3,(H,21,24)/t16-/m0/s1. The maximum Gasteiger partial charge on any atom is 0.408 e. The number of hydrogen-bond acceptors (Lipinski definition) is 4. The SMILES string of the molecule is C[C@H](NC(=O)OC(C)(C)C)c1ccc(CN2CCCN(C)CC2)cc1. The summed E-state index contributed by atoms with van der Waals surface area (Å²) in [6, 6.07) is 8.45. The minimum absolute atomic E-state index is 0.0734. The molecule has 25 heavy (non-hydrogen) atoms. The number of benzene rings is 1. The van der Waals surface area contributed by atoms with Gasteiger partial charge in [-0.15, -0.1) is 0 Å². The van der Waals surface area contributed by atoms with Crippen molar-refractivity contribution in [2.45, 2.75) is 52.3 Å². The minimum Gasteiger partial charge on any atom is -0.444 e. The van der Waals surface area contributed by atoms with Gasteiger partial charge in [-0.05, 0) is 65.4 Å². The third kappa shape index (κ3) is 7.04. The second kappa shape index (κ2) is 8.68. The fourth-order valence-corrected chi connectivity index (χ4v) is 3.00. The molecule has 0 aliphatic carbocycles. The van der Waals surface area contributed by atoms with E-state index < -0.39 is 5.60 Å². The number of likely N-dealkylation sites (N-methyl/N-ethyl adjacent to an activating group) is 1. The maximum atomic E-state index is 11.9. The van der Waals surface area contributed by atoms with Gasteiger partial charge in [-0.25, -0.2) is 4.79 Å². The molecule has 2 rings (SSSR count). The summed E-state index contributed by atoms with van der Waals surface area (Å²) >= 11 is 0. The highest BCUT2D eigenvalue weighted by molar-refractivity contribution is 5.68. The summed E-state index contributed by atoms with van der Waals surface area (Å²) in [5, 5.41) is 2.89. The van der Waals surface area contributed by atoms with E-state index in [-0.39, 0.29) is 12.1 Å². The van der Waals surface area contributed by atoms with E-state index >= 15 is 0 Å². The van der Waals surface area contributed by atoms with E-state index in [2.05, 4.69) is 46.4 Å². The second-order valence-corrected chi connectivity index (χ2v) is 8.04. The third-order valence-corrected chi connectivity index (χ3v) is 4.43. The fraction of sp³-hybridized carbons (Fsp3) is 0.650. The van der Waals surface area contributed by atoms with Gasteiger partial charge >= 0.3 is 6.09 Å². The molecule has 0 saturated carbocycles. The Kier molecular flexibility index (Phi) is 6.85. The van der Waals surface area contributed by atoms with E-state index in [1.54, 1.807) is 0 Å². The van der Waals surface area contributed by atoms with Crippen LogP contribution in [0.4, 0.5) is 4.79 Å². The largest absolute Gasteiger partial charge is 0.444 e. The summed E-state index contributed by atoms with van der Waals surface area (Å²) in [4.78, 5) is 16.8. The van der Waals surface area contributed by atoms with Crippen LogP contribution in [0.5, 0.6) is 0 Å². The molecular formula is C20H33N3O2. The molecule has 1 aromatic carbocycles. The Balaban J connectivity index is 1.87. The van der Waals surface area contributed by atoms with Crippen LogP contribution in [-0.2, 0) is 11.3 Å². The average molecular weight is 348 g/mol. The van der Waals surface area contributed by atoms with Gasteiger partial charge < -0.3 is 15.0 Å². The van der Waals surface area contributed by atoms with Crippen LogP contribution in [-0.4, -0.2) is 54.7 Å². The molecule has 1 N–H and O–H groups in total. The molecule has 0 radical (unpaired) electrons. The molecule has 1 amide bonds. The number of rotatable bonds is 4. The highest BCUT2D eigenvalue weighted by atomic mass is 16.6. The van der Waals surface area contributed by atoms with Crippen LogP contribution in [0.2, 0.25) is 0 Å². The number of amides is 1. The number of carbonyl (C=O) groups excluding carboxylic acids is 1. The molecule has 5 heteroatoms. The number of nitrogens with one attached hydrogen (secondary N) is 1. The maximum absolute atomic E-state index is 11.9. The van der Waals surface area contributed by atoms with E-state index in [1.165, 1.54) is 18.5 Å². The van der Waals surface area contributed by atoms with Crippen LogP contribution in [0.3, 0.4) is 0 Å². The zero-order chi connectivity index (χ0) is 18.4. The molecule has 1 atom stereocenters. The van der Waals surface area contributed by atoms with Crippen molar-refractivity contribution in [3.05, 3.63) is 35.4 Å². The van der Waals surface area contributed by atoms with Gasteiger partial charge in [-0.3, -0.25) is 4.90 Å². The molecule has 1 fully saturated rings. The highest BCUT2D eigenvalue weighted by Crippen LogP contribution is 2.16. The van der Waals surface area contributed by atoms with Crippen molar-refractivity contribution in [3.8, 4) is 0 Å². The fourth-order valence-electron chi connectivity index (χ4n) is 3.00. The normalized spacial score (nSPS) is 18.4. The molecule has 1 aromatic rings. The van der Waals surface area contributed by atoms with Crippen molar-refractivity contribution in [2.24, 2.45) is 0 Å². The summed E-state index contributed by atoms with van der Waals surface area (Å²) in [7, 11) is 2.19. The molecule has 1 heterocycles. The lowest BCUT2D eigenvalue weighted by molar-refractivity contribution is 0.0508. The number of hydrogen-bond donors (Lipinski definition) is 1. The zero-order valence-corrected chi connectivity index (χ0v) is 16.3. The Morgan fingerprint density at radius 3 is 2.48 bits per heavy atom. The first-order valence-corrected chi connectivity index (χ1v) is 9.22. The minimum atomic E-state index is -0.477. The summed E-state index contributed by atoms with van der Waals surface area (Å²) < 4.78 is 5.31. The molecule has 0 bridgehead atoms. The van der Waals surface area contributed by atoms with Gasteiger partial charge in [0, 0.05) is 19.6 Å². The quantitative estimate of drug-likeness (QED) is 0.906. The van der Waals surface area contributed by atoms with E-state index in [0.29, 0.717) is 0 Å². The molecule has 1 aliphatic heterocycles. The van der Waals surface area contributed by atoms with Gasteiger partial charge in [-0.2, -0.15) is 0 Å². The van der Waals surface area contributed by atoms with Gasteiger partial charge in [0.25, 0.3) is 0 Å². The predicted molar refractivity (Wildman–Crippen MR) is 102 cm³/mol. The van der Waals surface area contributed by atoms with Crippen LogP contribution in [0.25, 0.3) is 0 Å². The summed E-state index contributed by atoms with van der Waals surface area (Å²) in [5.41, 5.74) is 1.93. The van der Waals surface area contributed by atoms with Crippen molar-refractivity contribution < 1.29 is 9.53 Å². The van der Waals surface area contributed by atoms with Gasteiger partial charge in [0.05, 0.1) is 6.04 Å². The molecule has 0 aromatic heterocycles. The number of alkyl carbamates (subject to hydrolysis) is 1. The lowest BCUT2D eigenvalue weighted by atomic mass is 10.1. The van der Waals surface area contributed by atoms with Crippen LogP contribution in [0, 0.1) is 0 Å². The predicted octanol–water partition coefficient (Wildman–Crippen LogP) is 3.41. The van der Waals surface area contributed by atoms with Crippen molar-refractivity contribution >= 4 is 6.09 Å².